The fraction of sp³-hybridized carbons (Fsp3) is 0.167. The minimum absolute atomic E-state index is 0.137. The molecule has 1 aliphatic heterocycles. The van der Waals surface area contributed by atoms with Crippen molar-refractivity contribution in [2.75, 3.05) is 5.32 Å². The van der Waals surface area contributed by atoms with Crippen molar-refractivity contribution < 1.29 is 8.42 Å². The minimum atomic E-state index is -3.75. The summed E-state index contributed by atoms with van der Waals surface area (Å²) in [6.45, 7) is 2.08. The monoisotopic (exact) mass is 416 g/mol. The molecule has 0 amide bonds. The Bertz CT molecular complexity index is 1190. The van der Waals surface area contributed by atoms with E-state index in [1.54, 1.807) is 28.9 Å². The van der Waals surface area contributed by atoms with Gasteiger partial charge in [-0.3, -0.25) is 9.67 Å². The quantitative estimate of drug-likeness (QED) is 0.683. The van der Waals surface area contributed by atoms with E-state index >= 15 is 0 Å². The van der Waals surface area contributed by atoms with Crippen LogP contribution in [0.3, 0.4) is 0 Å². The van der Waals surface area contributed by atoms with Crippen LogP contribution < -0.4 is 10.0 Å². The van der Waals surface area contributed by atoms with Crippen molar-refractivity contribution in [3.8, 4) is 11.1 Å². The second-order valence-corrected chi connectivity index (χ2v) is 8.43. The molecule has 0 unspecified atom stereocenters. The number of halogens is 1. The molecule has 1 aromatic carbocycles. The number of aliphatic imine (C=N–C) groups is 1. The number of anilines is 1. The molecule has 0 radical (unpaired) electrons. The highest BCUT2D eigenvalue weighted by atomic mass is 35.5. The molecule has 3 aromatic rings. The lowest BCUT2D eigenvalue weighted by Gasteiger charge is -2.23. The van der Waals surface area contributed by atoms with Crippen LogP contribution in [-0.4, -0.2) is 29.1 Å². The number of pyridine rings is 1. The van der Waals surface area contributed by atoms with Crippen molar-refractivity contribution in [2.45, 2.75) is 18.4 Å². The Kier molecular flexibility index (Phi) is 4.56. The van der Waals surface area contributed by atoms with Gasteiger partial charge in [-0.15, -0.1) is 0 Å². The van der Waals surface area contributed by atoms with Gasteiger partial charge >= 0.3 is 0 Å². The summed E-state index contributed by atoms with van der Waals surface area (Å²) in [6, 6.07) is 8.57. The van der Waals surface area contributed by atoms with E-state index in [0.717, 1.165) is 16.8 Å². The Morgan fingerprint density at radius 3 is 2.71 bits per heavy atom. The SMILES string of the molecule is Cc1nn(C)cc1-c1cccc2c1NC(=NCc1ccc(Cl)cn1)NS2(=O)=O. The third kappa shape index (κ3) is 3.46. The number of rotatable bonds is 3. The lowest BCUT2D eigenvalue weighted by molar-refractivity contribution is 0.591. The summed E-state index contributed by atoms with van der Waals surface area (Å²) in [7, 11) is -1.93. The van der Waals surface area contributed by atoms with Crippen molar-refractivity contribution in [3.63, 3.8) is 0 Å². The van der Waals surface area contributed by atoms with Gasteiger partial charge in [0.25, 0.3) is 10.0 Å². The second kappa shape index (κ2) is 6.92. The topological polar surface area (TPSA) is 101 Å². The Morgan fingerprint density at radius 2 is 2.04 bits per heavy atom. The first-order valence-electron chi connectivity index (χ1n) is 8.42. The van der Waals surface area contributed by atoms with Gasteiger partial charge in [0.05, 0.1) is 28.6 Å². The number of nitrogens with one attached hydrogen (secondary N) is 2. The number of guanidine groups is 1. The van der Waals surface area contributed by atoms with E-state index in [1.807, 2.05) is 26.2 Å². The number of hydrogen-bond donors (Lipinski definition) is 2. The van der Waals surface area contributed by atoms with Crippen molar-refractivity contribution in [1.29, 1.82) is 0 Å². The van der Waals surface area contributed by atoms with Gasteiger partial charge in [-0.25, -0.2) is 18.1 Å². The first kappa shape index (κ1) is 18.5. The average Bonchev–Trinajstić information content (AvgIpc) is 2.98. The standard InChI is InChI=1S/C18H17ClN6O2S/c1-11-15(10-25(2)23-11)14-4-3-5-16-17(14)22-18(24-28(16,26)27)21-9-13-7-6-12(19)8-20-13/h3-8,10H,9H2,1-2H3,(H2,21,22,24). The van der Waals surface area contributed by atoms with Crippen LogP contribution in [0.25, 0.3) is 11.1 Å². The van der Waals surface area contributed by atoms with Gasteiger partial charge < -0.3 is 5.32 Å². The molecule has 3 heterocycles. The highest BCUT2D eigenvalue weighted by Crippen LogP contribution is 2.36. The molecule has 0 spiro atoms. The maximum absolute atomic E-state index is 12.7. The van der Waals surface area contributed by atoms with E-state index in [-0.39, 0.29) is 17.4 Å². The van der Waals surface area contributed by atoms with Gasteiger partial charge in [-0.1, -0.05) is 23.7 Å². The number of hydrogen-bond acceptors (Lipinski definition) is 5. The molecule has 4 rings (SSSR count). The van der Waals surface area contributed by atoms with Crippen LogP contribution in [0.5, 0.6) is 0 Å². The molecular formula is C18H17ClN6O2S. The normalized spacial score (nSPS) is 16.3. The summed E-state index contributed by atoms with van der Waals surface area (Å²) < 4.78 is 29.6. The van der Waals surface area contributed by atoms with Gasteiger partial charge in [0.1, 0.15) is 4.90 Å². The predicted molar refractivity (Wildman–Crippen MR) is 108 cm³/mol. The third-order valence-corrected chi connectivity index (χ3v) is 5.89. The van der Waals surface area contributed by atoms with Gasteiger partial charge in [0.2, 0.25) is 5.96 Å². The van der Waals surface area contributed by atoms with Crippen LogP contribution in [-0.2, 0) is 23.6 Å². The van der Waals surface area contributed by atoms with Crippen LogP contribution in [0.2, 0.25) is 5.02 Å². The Morgan fingerprint density at radius 1 is 1.21 bits per heavy atom. The lowest BCUT2D eigenvalue weighted by Crippen LogP contribution is -2.41. The number of sulfonamides is 1. The average molecular weight is 417 g/mol. The minimum Gasteiger partial charge on any atom is -0.324 e. The van der Waals surface area contributed by atoms with Crippen molar-refractivity contribution in [3.05, 3.63) is 59.1 Å². The van der Waals surface area contributed by atoms with Crippen LogP contribution in [0.1, 0.15) is 11.4 Å². The number of aryl methyl sites for hydroxylation is 2. The van der Waals surface area contributed by atoms with Gasteiger partial charge in [0.15, 0.2) is 0 Å². The molecule has 0 saturated carbocycles. The Balaban J connectivity index is 1.74. The van der Waals surface area contributed by atoms with E-state index in [9.17, 15) is 8.42 Å². The van der Waals surface area contributed by atoms with Gasteiger partial charge in [0, 0.05) is 30.6 Å². The molecular weight excluding hydrogens is 400 g/mol. The lowest BCUT2D eigenvalue weighted by atomic mass is 10.0. The maximum Gasteiger partial charge on any atom is 0.266 e. The molecule has 8 nitrogen and oxygen atoms in total. The fourth-order valence-electron chi connectivity index (χ4n) is 3.03. The first-order valence-corrected chi connectivity index (χ1v) is 10.3. The number of nitrogens with zero attached hydrogens (tertiary/aromatic N) is 4. The molecule has 2 aromatic heterocycles. The summed E-state index contributed by atoms with van der Waals surface area (Å²) in [5.74, 6) is 0.137. The largest absolute Gasteiger partial charge is 0.324 e. The van der Waals surface area contributed by atoms with Crippen LogP contribution >= 0.6 is 11.6 Å². The number of para-hydroxylation sites is 1. The zero-order valence-corrected chi connectivity index (χ0v) is 16.7. The number of fused-ring (bicyclic) bond motifs is 1. The van der Waals surface area contributed by atoms with E-state index in [2.05, 4.69) is 25.1 Å². The number of aromatic nitrogens is 3. The maximum atomic E-state index is 12.7. The second-order valence-electron chi connectivity index (χ2n) is 6.34. The van der Waals surface area contributed by atoms with Crippen LogP contribution in [0, 0.1) is 6.92 Å². The molecule has 0 saturated heterocycles. The number of benzene rings is 1. The smallest absolute Gasteiger partial charge is 0.266 e. The first-order chi connectivity index (χ1) is 13.3. The van der Waals surface area contributed by atoms with Crippen molar-refractivity contribution >= 4 is 33.3 Å². The van der Waals surface area contributed by atoms with Crippen LogP contribution in [0.4, 0.5) is 5.69 Å². The molecule has 1 aliphatic rings. The molecule has 0 fully saturated rings. The highest BCUT2D eigenvalue weighted by molar-refractivity contribution is 7.90. The van der Waals surface area contributed by atoms with Crippen molar-refractivity contribution in [2.24, 2.45) is 12.0 Å². The summed E-state index contributed by atoms with van der Waals surface area (Å²) in [6.07, 6.45) is 3.38. The summed E-state index contributed by atoms with van der Waals surface area (Å²) in [5, 5.41) is 7.98. The fourth-order valence-corrected chi connectivity index (χ4v) is 4.31. The molecule has 10 heteroatoms. The Hall–Kier alpha value is -2.91. The van der Waals surface area contributed by atoms with E-state index < -0.39 is 10.0 Å². The zero-order valence-electron chi connectivity index (χ0n) is 15.1. The van der Waals surface area contributed by atoms with Crippen LogP contribution in [0.15, 0.2) is 52.6 Å². The molecule has 144 valence electrons. The third-order valence-electron chi connectivity index (χ3n) is 4.28. The van der Waals surface area contributed by atoms with Gasteiger partial charge in [-0.2, -0.15) is 5.10 Å². The summed E-state index contributed by atoms with van der Waals surface area (Å²) in [4.78, 5) is 8.66. The van der Waals surface area contributed by atoms with Crippen molar-refractivity contribution in [1.82, 2.24) is 19.5 Å². The van der Waals surface area contributed by atoms with Gasteiger partial charge in [-0.05, 0) is 25.1 Å². The van der Waals surface area contributed by atoms with E-state index in [0.29, 0.717) is 16.4 Å². The molecule has 0 bridgehead atoms. The summed E-state index contributed by atoms with van der Waals surface area (Å²) >= 11 is 5.84. The van der Waals surface area contributed by atoms with E-state index in [1.165, 1.54) is 6.20 Å². The zero-order chi connectivity index (χ0) is 19.9. The van der Waals surface area contributed by atoms with E-state index in [4.69, 9.17) is 11.6 Å². The molecule has 0 aliphatic carbocycles. The molecule has 28 heavy (non-hydrogen) atoms. The predicted octanol–water partition coefficient (Wildman–Crippen LogP) is 2.70. The summed E-state index contributed by atoms with van der Waals surface area (Å²) in [5.41, 5.74) is 3.53. The molecule has 0 atom stereocenters. The Labute approximate surface area is 167 Å². The highest BCUT2D eigenvalue weighted by Gasteiger charge is 2.29. The molecule has 2 N–H and O–H groups in total.